The van der Waals surface area contributed by atoms with Crippen molar-refractivity contribution in [3.8, 4) is 5.75 Å². The Balaban J connectivity index is 2.97. The summed E-state index contributed by atoms with van der Waals surface area (Å²) >= 11 is 6.01. The predicted octanol–water partition coefficient (Wildman–Crippen LogP) is 3.80. The molecule has 0 fully saturated rings. The molecule has 2 nitrogen and oxygen atoms in total. The van der Waals surface area contributed by atoms with Gasteiger partial charge in [0, 0.05) is 16.6 Å². The maximum atomic E-state index is 6.01. The van der Waals surface area contributed by atoms with Gasteiger partial charge in [0.1, 0.15) is 5.75 Å². The minimum atomic E-state index is 0.175. The van der Waals surface area contributed by atoms with Gasteiger partial charge in [0.05, 0.1) is 6.10 Å². The van der Waals surface area contributed by atoms with Crippen LogP contribution < -0.4 is 10.1 Å². The second-order valence-electron chi connectivity index (χ2n) is 4.13. The largest absolute Gasteiger partial charge is 0.491 e. The molecule has 1 atom stereocenters. The van der Waals surface area contributed by atoms with Crippen LogP contribution in [-0.4, -0.2) is 12.6 Å². The number of ether oxygens (including phenoxy) is 1. The van der Waals surface area contributed by atoms with E-state index >= 15 is 0 Å². The molecule has 3 heteroatoms. The van der Waals surface area contributed by atoms with Crippen molar-refractivity contribution in [2.75, 3.05) is 6.54 Å². The summed E-state index contributed by atoms with van der Waals surface area (Å²) in [6, 6.07) is 6.01. The van der Waals surface area contributed by atoms with Gasteiger partial charge in [-0.3, -0.25) is 0 Å². The molecule has 16 heavy (non-hydrogen) atoms. The van der Waals surface area contributed by atoms with Crippen LogP contribution in [0, 0.1) is 0 Å². The van der Waals surface area contributed by atoms with Crippen molar-refractivity contribution in [1.82, 2.24) is 5.32 Å². The number of benzene rings is 1. The lowest BCUT2D eigenvalue weighted by atomic mass is 10.1. The molecule has 1 unspecified atom stereocenters. The molecule has 0 aliphatic carbocycles. The molecule has 0 heterocycles. The van der Waals surface area contributed by atoms with Crippen molar-refractivity contribution in [3.63, 3.8) is 0 Å². The molecule has 0 spiro atoms. The third kappa shape index (κ3) is 3.69. The van der Waals surface area contributed by atoms with Gasteiger partial charge in [-0.05, 0) is 45.5 Å². The standard InChI is InChI=1S/C13H20ClNO/c1-5-15-10(4)12-8-11(14)6-7-13(12)16-9(2)3/h6-10,15H,5H2,1-4H3. The number of hydrogen-bond donors (Lipinski definition) is 1. The molecule has 1 rings (SSSR count). The van der Waals surface area contributed by atoms with Gasteiger partial charge in [-0.2, -0.15) is 0 Å². The van der Waals surface area contributed by atoms with E-state index in [-0.39, 0.29) is 12.1 Å². The van der Waals surface area contributed by atoms with E-state index in [1.54, 1.807) is 0 Å². The lowest BCUT2D eigenvalue weighted by Crippen LogP contribution is -2.19. The Labute approximate surface area is 103 Å². The van der Waals surface area contributed by atoms with Crippen LogP contribution in [0.5, 0.6) is 5.75 Å². The molecular formula is C13H20ClNO. The van der Waals surface area contributed by atoms with E-state index in [1.807, 2.05) is 32.0 Å². The van der Waals surface area contributed by atoms with Crippen LogP contribution in [0.4, 0.5) is 0 Å². The van der Waals surface area contributed by atoms with E-state index in [1.165, 1.54) is 0 Å². The van der Waals surface area contributed by atoms with Crippen LogP contribution in [-0.2, 0) is 0 Å². The molecule has 0 aromatic heterocycles. The molecule has 1 N–H and O–H groups in total. The van der Waals surface area contributed by atoms with Gasteiger partial charge in [-0.15, -0.1) is 0 Å². The Bertz CT molecular complexity index is 339. The van der Waals surface area contributed by atoms with Crippen LogP contribution in [0.2, 0.25) is 5.02 Å². The molecule has 0 saturated heterocycles. The van der Waals surface area contributed by atoms with Gasteiger partial charge in [-0.25, -0.2) is 0 Å². The lowest BCUT2D eigenvalue weighted by Gasteiger charge is -2.19. The molecule has 0 aliphatic heterocycles. The van der Waals surface area contributed by atoms with Gasteiger partial charge >= 0.3 is 0 Å². The minimum Gasteiger partial charge on any atom is -0.491 e. The topological polar surface area (TPSA) is 21.3 Å². The summed E-state index contributed by atoms with van der Waals surface area (Å²) in [5, 5.41) is 4.11. The maximum Gasteiger partial charge on any atom is 0.124 e. The quantitative estimate of drug-likeness (QED) is 0.847. The first-order valence-electron chi connectivity index (χ1n) is 5.74. The first-order chi connectivity index (χ1) is 7.54. The highest BCUT2D eigenvalue weighted by atomic mass is 35.5. The van der Waals surface area contributed by atoms with Crippen LogP contribution >= 0.6 is 11.6 Å². The van der Waals surface area contributed by atoms with Crippen LogP contribution in [0.15, 0.2) is 18.2 Å². The summed E-state index contributed by atoms with van der Waals surface area (Å²) in [5.41, 5.74) is 1.11. The molecular weight excluding hydrogens is 222 g/mol. The Hall–Kier alpha value is -0.730. The Morgan fingerprint density at radius 2 is 2.00 bits per heavy atom. The molecule has 0 radical (unpaired) electrons. The molecule has 0 aliphatic rings. The minimum absolute atomic E-state index is 0.175. The first-order valence-corrected chi connectivity index (χ1v) is 6.11. The van der Waals surface area contributed by atoms with Crippen molar-refractivity contribution < 1.29 is 4.74 Å². The normalized spacial score (nSPS) is 12.9. The van der Waals surface area contributed by atoms with Gasteiger partial charge in [0.25, 0.3) is 0 Å². The second kappa shape index (κ2) is 6.12. The summed E-state index contributed by atoms with van der Waals surface area (Å²) < 4.78 is 5.77. The zero-order valence-electron chi connectivity index (χ0n) is 10.4. The lowest BCUT2D eigenvalue weighted by molar-refractivity contribution is 0.238. The van der Waals surface area contributed by atoms with Crippen molar-refractivity contribution >= 4 is 11.6 Å². The van der Waals surface area contributed by atoms with Gasteiger partial charge in [0.15, 0.2) is 0 Å². The number of rotatable bonds is 5. The molecule has 90 valence electrons. The molecule has 0 saturated carbocycles. The Morgan fingerprint density at radius 3 is 2.56 bits per heavy atom. The monoisotopic (exact) mass is 241 g/mol. The van der Waals surface area contributed by atoms with Crippen molar-refractivity contribution in [1.29, 1.82) is 0 Å². The summed E-state index contributed by atoms with van der Waals surface area (Å²) in [5.74, 6) is 0.910. The molecule has 1 aromatic carbocycles. The average molecular weight is 242 g/mol. The summed E-state index contributed by atoms with van der Waals surface area (Å²) in [7, 11) is 0. The number of nitrogens with one attached hydrogen (secondary N) is 1. The smallest absolute Gasteiger partial charge is 0.124 e. The predicted molar refractivity (Wildman–Crippen MR) is 69.3 cm³/mol. The third-order valence-electron chi connectivity index (χ3n) is 2.31. The fourth-order valence-electron chi connectivity index (χ4n) is 1.64. The van der Waals surface area contributed by atoms with E-state index in [2.05, 4.69) is 19.2 Å². The van der Waals surface area contributed by atoms with Gasteiger partial charge in [0.2, 0.25) is 0 Å². The first kappa shape index (κ1) is 13.3. The molecule has 0 amide bonds. The van der Waals surface area contributed by atoms with Crippen molar-refractivity contribution in [3.05, 3.63) is 28.8 Å². The second-order valence-corrected chi connectivity index (χ2v) is 4.56. The summed E-state index contributed by atoms with van der Waals surface area (Å²) in [4.78, 5) is 0. The van der Waals surface area contributed by atoms with E-state index in [4.69, 9.17) is 16.3 Å². The highest BCUT2D eigenvalue weighted by Crippen LogP contribution is 2.29. The molecule has 0 bridgehead atoms. The maximum absolute atomic E-state index is 6.01. The average Bonchev–Trinajstić information content (AvgIpc) is 2.20. The summed E-state index contributed by atoms with van der Waals surface area (Å²) in [6.45, 7) is 9.17. The van der Waals surface area contributed by atoms with E-state index in [0.717, 1.165) is 22.9 Å². The van der Waals surface area contributed by atoms with Gasteiger partial charge in [-0.1, -0.05) is 18.5 Å². The third-order valence-corrected chi connectivity index (χ3v) is 2.55. The zero-order valence-corrected chi connectivity index (χ0v) is 11.1. The van der Waals surface area contributed by atoms with Crippen LogP contribution in [0.3, 0.4) is 0 Å². The fourth-order valence-corrected chi connectivity index (χ4v) is 1.82. The van der Waals surface area contributed by atoms with E-state index < -0.39 is 0 Å². The molecule has 1 aromatic rings. The van der Waals surface area contributed by atoms with Crippen LogP contribution in [0.25, 0.3) is 0 Å². The van der Waals surface area contributed by atoms with Crippen molar-refractivity contribution in [2.45, 2.75) is 39.8 Å². The number of hydrogen-bond acceptors (Lipinski definition) is 2. The number of halogens is 1. The van der Waals surface area contributed by atoms with E-state index in [9.17, 15) is 0 Å². The van der Waals surface area contributed by atoms with Crippen molar-refractivity contribution in [2.24, 2.45) is 0 Å². The Morgan fingerprint density at radius 1 is 1.31 bits per heavy atom. The highest BCUT2D eigenvalue weighted by molar-refractivity contribution is 6.30. The Kier molecular flexibility index (Phi) is 5.10. The van der Waals surface area contributed by atoms with E-state index in [0.29, 0.717) is 0 Å². The SMILES string of the molecule is CCNC(C)c1cc(Cl)ccc1OC(C)C. The van der Waals surface area contributed by atoms with Crippen LogP contribution in [0.1, 0.15) is 39.3 Å². The zero-order chi connectivity index (χ0) is 12.1. The summed E-state index contributed by atoms with van der Waals surface area (Å²) in [6.07, 6.45) is 0.175. The fraction of sp³-hybridized carbons (Fsp3) is 0.538. The van der Waals surface area contributed by atoms with Gasteiger partial charge < -0.3 is 10.1 Å². The highest BCUT2D eigenvalue weighted by Gasteiger charge is 2.12.